The number of carbonyl (C=O) groups is 2. The molecule has 2 aromatic carbocycles. The highest BCUT2D eigenvalue weighted by atomic mass is 35.5. The monoisotopic (exact) mass is 407 g/mol. The van der Waals surface area contributed by atoms with Gasteiger partial charge in [0.15, 0.2) is 5.70 Å². The molecule has 0 unspecified atom stereocenters. The summed E-state index contributed by atoms with van der Waals surface area (Å²) in [4.78, 5) is 27.9. The second-order valence-corrected chi connectivity index (χ2v) is 6.49. The minimum absolute atomic E-state index is 0.113. The van der Waals surface area contributed by atoms with Gasteiger partial charge in [-0.3, -0.25) is 0 Å². The van der Waals surface area contributed by atoms with Gasteiger partial charge in [0.1, 0.15) is 11.5 Å². The van der Waals surface area contributed by atoms with E-state index in [1.807, 2.05) is 0 Å². The second kappa shape index (κ2) is 7.77. The zero-order valence-corrected chi connectivity index (χ0v) is 16.0. The lowest BCUT2D eigenvalue weighted by Crippen LogP contribution is -2.05. The lowest BCUT2D eigenvalue weighted by atomic mass is 10.1. The first-order valence-electron chi connectivity index (χ1n) is 8.61. The first-order valence-corrected chi connectivity index (χ1v) is 8.99. The number of aliphatic imine (C=N–C) groups is 1. The molecule has 1 aliphatic heterocycles. The molecule has 144 valence electrons. The van der Waals surface area contributed by atoms with E-state index in [0.717, 1.165) is 5.56 Å². The lowest BCUT2D eigenvalue weighted by Gasteiger charge is -2.00. The molecule has 0 atom stereocenters. The van der Waals surface area contributed by atoms with Crippen molar-refractivity contribution in [3.05, 3.63) is 88.3 Å². The minimum atomic E-state index is -0.583. The van der Waals surface area contributed by atoms with Gasteiger partial charge < -0.3 is 13.9 Å². The highest BCUT2D eigenvalue weighted by Crippen LogP contribution is 2.27. The van der Waals surface area contributed by atoms with Crippen LogP contribution in [0, 0.1) is 0 Å². The average molecular weight is 408 g/mol. The molecule has 1 aliphatic rings. The zero-order valence-electron chi connectivity index (χ0n) is 15.2. The van der Waals surface area contributed by atoms with Crippen LogP contribution in [0.15, 0.2) is 75.8 Å². The maximum absolute atomic E-state index is 12.1. The maximum Gasteiger partial charge on any atom is 0.363 e. The van der Waals surface area contributed by atoms with E-state index in [9.17, 15) is 9.59 Å². The number of nitrogens with zero attached hydrogens (tertiary/aromatic N) is 1. The van der Waals surface area contributed by atoms with E-state index < -0.39 is 11.9 Å². The predicted molar refractivity (Wildman–Crippen MR) is 108 cm³/mol. The van der Waals surface area contributed by atoms with Crippen LogP contribution in [0.3, 0.4) is 0 Å². The maximum atomic E-state index is 12.1. The standard InChI is InChI=1S/C22H14ClNO5/c1-27-21(25)14-8-6-13(7-9-14)19-11-10-15(28-19)12-18-22(26)29-20(24-18)16-4-2-3-5-17(16)23/h2-12H,1H3/b18-12-. The molecule has 0 radical (unpaired) electrons. The molecule has 6 nitrogen and oxygen atoms in total. The molecule has 0 fully saturated rings. The number of carbonyl (C=O) groups excluding carboxylic acids is 2. The lowest BCUT2D eigenvalue weighted by molar-refractivity contribution is -0.129. The summed E-state index contributed by atoms with van der Waals surface area (Å²) >= 11 is 6.13. The number of rotatable bonds is 4. The molecular formula is C22H14ClNO5. The van der Waals surface area contributed by atoms with E-state index in [1.54, 1.807) is 60.7 Å². The van der Waals surface area contributed by atoms with Crippen LogP contribution < -0.4 is 0 Å². The number of cyclic esters (lactones) is 1. The fraction of sp³-hybridized carbons (Fsp3) is 0.0455. The Balaban J connectivity index is 1.58. The number of furan rings is 1. The fourth-order valence-corrected chi connectivity index (χ4v) is 2.98. The second-order valence-electron chi connectivity index (χ2n) is 6.09. The van der Waals surface area contributed by atoms with Gasteiger partial charge in [-0.2, -0.15) is 0 Å². The average Bonchev–Trinajstić information content (AvgIpc) is 3.35. The topological polar surface area (TPSA) is 78.1 Å². The molecule has 29 heavy (non-hydrogen) atoms. The van der Waals surface area contributed by atoms with Gasteiger partial charge in [0, 0.05) is 11.6 Å². The summed E-state index contributed by atoms with van der Waals surface area (Å²) in [6.45, 7) is 0. The number of hydrogen-bond donors (Lipinski definition) is 0. The van der Waals surface area contributed by atoms with Crippen molar-refractivity contribution in [2.75, 3.05) is 7.11 Å². The van der Waals surface area contributed by atoms with Crippen LogP contribution in [0.2, 0.25) is 5.02 Å². The van der Waals surface area contributed by atoms with Gasteiger partial charge in [0.2, 0.25) is 5.90 Å². The van der Waals surface area contributed by atoms with E-state index in [4.69, 9.17) is 20.8 Å². The van der Waals surface area contributed by atoms with Crippen molar-refractivity contribution in [1.82, 2.24) is 0 Å². The molecule has 0 saturated heterocycles. The third-order valence-electron chi connectivity index (χ3n) is 4.22. The fourth-order valence-electron chi connectivity index (χ4n) is 2.77. The number of esters is 2. The Morgan fingerprint density at radius 3 is 2.55 bits per heavy atom. The highest BCUT2D eigenvalue weighted by molar-refractivity contribution is 6.34. The molecule has 7 heteroatoms. The highest BCUT2D eigenvalue weighted by Gasteiger charge is 2.25. The summed E-state index contributed by atoms with van der Waals surface area (Å²) < 4.78 is 15.7. The Morgan fingerprint density at radius 1 is 1.07 bits per heavy atom. The molecule has 0 spiro atoms. The number of hydrogen-bond acceptors (Lipinski definition) is 6. The van der Waals surface area contributed by atoms with Crippen molar-refractivity contribution in [2.45, 2.75) is 0 Å². The Bertz CT molecular complexity index is 1160. The Kier molecular flexibility index (Phi) is 5.01. The molecule has 0 N–H and O–H groups in total. The van der Waals surface area contributed by atoms with Crippen LogP contribution in [0.25, 0.3) is 17.4 Å². The molecule has 0 aliphatic carbocycles. The van der Waals surface area contributed by atoms with Crippen LogP contribution in [-0.4, -0.2) is 24.9 Å². The van der Waals surface area contributed by atoms with Crippen molar-refractivity contribution in [3.63, 3.8) is 0 Å². The van der Waals surface area contributed by atoms with Crippen LogP contribution in [0.1, 0.15) is 21.7 Å². The van der Waals surface area contributed by atoms with Crippen LogP contribution in [-0.2, 0) is 14.3 Å². The van der Waals surface area contributed by atoms with Gasteiger partial charge in [-0.25, -0.2) is 14.6 Å². The van der Waals surface area contributed by atoms with Crippen LogP contribution in [0.4, 0.5) is 0 Å². The molecule has 0 saturated carbocycles. The molecule has 3 aromatic rings. The van der Waals surface area contributed by atoms with Gasteiger partial charge >= 0.3 is 11.9 Å². The number of methoxy groups -OCH3 is 1. The summed E-state index contributed by atoms with van der Waals surface area (Å²) in [6.07, 6.45) is 1.50. The van der Waals surface area contributed by atoms with Crippen LogP contribution in [0.5, 0.6) is 0 Å². The summed E-state index contributed by atoms with van der Waals surface area (Å²) in [5.41, 5.74) is 1.87. The van der Waals surface area contributed by atoms with Gasteiger partial charge in [-0.05, 0) is 36.4 Å². The van der Waals surface area contributed by atoms with Gasteiger partial charge in [0.25, 0.3) is 0 Å². The Hall–Kier alpha value is -3.64. The third-order valence-corrected chi connectivity index (χ3v) is 4.55. The summed E-state index contributed by atoms with van der Waals surface area (Å²) in [6, 6.07) is 17.3. The smallest absolute Gasteiger partial charge is 0.363 e. The van der Waals surface area contributed by atoms with E-state index in [1.165, 1.54) is 13.2 Å². The Morgan fingerprint density at radius 2 is 1.83 bits per heavy atom. The molecule has 0 amide bonds. The van der Waals surface area contributed by atoms with Gasteiger partial charge in [-0.1, -0.05) is 35.9 Å². The van der Waals surface area contributed by atoms with Gasteiger partial charge in [0.05, 0.1) is 23.3 Å². The SMILES string of the molecule is COC(=O)c1ccc(-c2ccc(/C=C3\N=C(c4ccccc4Cl)OC3=O)o2)cc1. The van der Waals surface area contributed by atoms with E-state index in [2.05, 4.69) is 9.73 Å². The van der Waals surface area contributed by atoms with Crippen molar-refractivity contribution in [1.29, 1.82) is 0 Å². The number of benzene rings is 2. The molecular weight excluding hydrogens is 394 g/mol. The van der Waals surface area contributed by atoms with Gasteiger partial charge in [-0.15, -0.1) is 0 Å². The summed E-state index contributed by atoms with van der Waals surface area (Å²) in [7, 11) is 1.33. The third kappa shape index (κ3) is 3.83. The number of ether oxygens (including phenoxy) is 2. The number of halogens is 1. The molecule has 2 heterocycles. The first kappa shape index (κ1) is 18.7. The van der Waals surface area contributed by atoms with Crippen molar-refractivity contribution in [3.8, 4) is 11.3 Å². The normalized spacial score (nSPS) is 14.6. The quantitative estimate of drug-likeness (QED) is 0.461. The van der Waals surface area contributed by atoms with E-state index in [0.29, 0.717) is 27.7 Å². The summed E-state index contributed by atoms with van der Waals surface area (Å²) in [5.74, 6) is 0.175. The van der Waals surface area contributed by atoms with E-state index >= 15 is 0 Å². The first-order chi connectivity index (χ1) is 14.0. The van der Waals surface area contributed by atoms with Crippen LogP contribution >= 0.6 is 11.6 Å². The predicted octanol–water partition coefficient (Wildman–Crippen LogP) is 4.73. The van der Waals surface area contributed by atoms with Crippen molar-refractivity contribution in [2.24, 2.45) is 4.99 Å². The molecule has 1 aromatic heterocycles. The Labute approximate surface area is 171 Å². The molecule has 4 rings (SSSR count). The summed E-state index contributed by atoms with van der Waals surface area (Å²) in [5, 5.41) is 0.441. The minimum Gasteiger partial charge on any atom is -0.465 e. The largest absolute Gasteiger partial charge is 0.465 e. The molecule has 0 bridgehead atoms. The zero-order chi connectivity index (χ0) is 20.4. The van der Waals surface area contributed by atoms with Crippen molar-refractivity contribution >= 4 is 35.5 Å². The van der Waals surface area contributed by atoms with E-state index in [-0.39, 0.29) is 11.6 Å². The van der Waals surface area contributed by atoms with Crippen molar-refractivity contribution < 1.29 is 23.5 Å².